The largest absolute Gasteiger partial charge is 0.351 e. The summed E-state index contributed by atoms with van der Waals surface area (Å²) in [6.45, 7) is 2.39. The molecule has 6 heteroatoms. The number of fused-ring (bicyclic) bond motifs is 2. The van der Waals surface area contributed by atoms with E-state index in [-0.39, 0.29) is 5.91 Å². The summed E-state index contributed by atoms with van der Waals surface area (Å²) < 4.78 is 0. The van der Waals surface area contributed by atoms with E-state index in [1.54, 1.807) is 0 Å². The number of anilines is 1. The van der Waals surface area contributed by atoms with Gasteiger partial charge in [-0.3, -0.25) is 4.79 Å². The van der Waals surface area contributed by atoms with E-state index in [0.717, 1.165) is 49.9 Å². The van der Waals surface area contributed by atoms with E-state index in [2.05, 4.69) is 45.8 Å². The van der Waals surface area contributed by atoms with Gasteiger partial charge in [0, 0.05) is 43.7 Å². The Kier molecular flexibility index (Phi) is 6.06. The van der Waals surface area contributed by atoms with Crippen LogP contribution in [0.3, 0.4) is 0 Å². The molecular weight excluding hydrogens is 362 g/mol. The van der Waals surface area contributed by atoms with Crippen LogP contribution in [0.5, 0.6) is 0 Å². The smallest absolute Gasteiger partial charge is 0.236 e. The van der Waals surface area contributed by atoms with E-state index in [9.17, 15) is 4.79 Å². The predicted molar refractivity (Wildman–Crippen MR) is 113 cm³/mol. The number of amides is 1. The fraction of sp³-hybridized carbons (Fsp3) is 0.435. The molecule has 4 rings (SSSR count). The molecule has 6 nitrogen and oxygen atoms in total. The van der Waals surface area contributed by atoms with E-state index in [0.29, 0.717) is 31.6 Å². The van der Waals surface area contributed by atoms with Crippen LogP contribution in [0.15, 0.2) is 30.5 Å². The molecule has 0 atom stereocenters. The van der Waals surface area contributed by atoms with Crippen molar-refractivity contribution in [3.63, 3.8) is 0 Å². The second kappa shape index (κ2) is 9.06. The molecule has 0 saturated carbocycles. The van der Waals surface area contributed by atoms with Crippen molar-refractivity contribution in [1.29, 1.82) is 0 Å². The molecule has 0 unspecified atom stereocenters. The standard InChI is InChI=1S/C23H27N5O/c1-2-3-6-10-24-15-22(29)28-11-9-21-19(16-28)14-25-23(27-21)26-20-12-17-7-4-5-8-18(17)13-20/h1,4-5,7-8,14,20,24H,3,6,9-13,15-16H2,(H,25,26,27). The molecule has 0 saturated heterocycles. The molecule has 150 valence electrons. The van der Waals surface area contributed by atoms with Crippen LogP contribution >= 0.6 is 0 Å². The third kappa shape index (κ3) is 4.75. The number of terminal acetylenes is 1. The first-order valence-electron chi connectivity index (χ1n) is 10.3. The summed E-state index contributed by atoms with van der Waals surface area (Å²) in [5.41, 5.74) is 4.90. The van der Waals surface area contributed by atoms with Gasteiger partial charge in [0.1, 0.15) is 0 Å². The zero-order chi connectivity index (χ0) is 20.1. The number of aromatic nitrogens is 2. The van der Waals surface area contributed by atoms with Gasteiger partial charge in [0.15, 0.2) is 0 Å². The topological polar surface area (TPSA) is 70.2 Å². The van der Waals surface area contributed by atoms with E-state index >= 15 is 0 Å². The molecule has 1 aliphatic heterocycles. The monoisotopic (exact) mass is 389 g/mol. The normalized spacial score (nSPS) is 15.5. The van der Waals surface area contributed by atoms with Crippen molar-refractivity contribution < 1.29 is 4.79 Å². The molecule has 1 aromatic heterocycles. The van der Waals surface area contributed by atoms with Crippen molar-refractivity contribution >= 4 is 11.9 Å². The molecule has 29 heavy (non-hydrogen) atoms. The van der Waals surface area contributed by atoms with Gasteiger partial charge in [0.25, 0.3) is 0 Å². The minimum atomic E-state index is 0.113. The summed E-state index contributed by atoms with van der Waals surface area (Å²) in [6, 6.07) is 8.92. The van der Waals surface area contributed by atoms with E-state index in [1.807, 2.05) is 11.1 Å². The lowest BCUT2D eigenvalue weighted by molar-refractivity contribution is -0.131. The minimum absolute atomic E-state index is 0.113. The van der Waals surface area contributed by atoms with Gasteiger partial charge < -0.3 is 15.5 Å². The molecule has 1 aliphatic carbocycles. The summed E-state index contributed by atoms with van der Waals surface area (Å²) in [6.07, 6.45) is 11.5. The Bertz CT molecular complexity index is 895. The van der Waals surface area contributed by atoms with Crippen LogP contribution in [0, 0.1) is 12.3 Å². The third-order valence-electron chi connectivity index (χ3n) is 5.62. The van der Waals surface area contributed by atoms with E-state index < -0.39 is 0 Å². The summed E-state index contributed by atoms with van der Waals surface area (Å²) in [7, 11) is 0. The van der Waals surface area contributed by atoms with Gasteiger partial charge in [-0.25, -0.2) is 9.97 Å². The van der Waals surface area contributed by atoms with Crippen molar-refractivity contribution in [2.45, 2.75) is 44.7 Å². The molecule has 2 N–H and O–H groups in total. The number of carbonyl (C=O) groups excluding carboxylic acids is 1. The SMILES string of the molecule is C#CCCCNCC(=O)N1CCc2nc(NC3Cc4ccccc4C3)ncc2C1. The lowest BCUT2D eigenvalue weighted by Crippen LogP contribution is -2.41. The van der Waals surface area contributed by atoms with E-state index in [1.165, 1.54) is 11.1 Å². The molecule has 0 fully saturated rings. The number of nitrogens with one attached hydrogen (secondary N) is 2. The second-order valence-electron chi connectivity index (χ2n) is 7.73. The molecular formula is C23H27N5O. The average molecular weight is 390 g/mol. The first kappa shape index (κ1) is 19.4. The van der Waals surface area contributed by atoms with Crippen LogP contribution in [0.4, 0.5) is 5.95 Å². The number of nitrogens with zero attached hydrogens (tertiary/aromatic N) is 3. The minimum Gasteiger partial charge on any atom is -0.351 e. The van der Waals surface area contributed by atoms with Crippen LogP contribution < -0.4 is 10.6 Å². The van der Waals surface area contributed by atoms with E-state index in [4.69, 9.17) is 11.4 Å². The Hall–Kier alpha value is -2.91. The van der Waals surface area contributed by atoms with Crippen molar-refractivity contribution in [1.82, 2.24) is 20.2 Å². The fourth-order valence-corrected chi connectivity index (χ4v) is 4.06. The molecule has 2 heterocycles. The second-order valence-corrected chi connectivity index (χ2v) is 7.73. The van der Waals surface area contributed by atoms with Crippen LogP contribution in [0.1, 0.15) is 35.2 Å². The Morgan fingerprint density at radius 3 is 2.79 bits per heavy atom. The van der Waals surface area contributed by atoms with Crippen molar-refractivity contribution in [2.24, 2.45) is 0 Å². The Morgan fingerprint density at radius 1 is 1.24 bits per heavy atom. The van der Waals surface area contributed by atoms with Crippen molar-refractivity contribution in [2.75, 3.05) is 25.0 Å². The van der Waals surface area contributed by atoms with Gasteiger partial charge in [0.05, 0.1) is 12.2 Å². The zero-order valence-electron chi connectivity index (χ0n) is 16.7. The maximum Gasteiger partial charge on any atom is 0.236 e. The number of rotatable bonds is 7. The fourth-order valence-electron chi connectivity index (χ4n) is 4.06. The van der Waals surface area contributed by atoms with Crippen LogP contribution in [0.2, 0.25) is 0 Å². The molecule has 0 bridgehead atoms. The van der Waals surface area contributed by atoms with Crippen LogP contribution in [-0.4, -0.2) is 46.5 Å². The highest BCUT2D eigenvalue weighted by atomic mass is 16.2. The predicted octanol–water partition coefficient (Wildman–Crippen LogP) is 1.94. The zero-order valence-corrected chi connectivity index (χ0v) is 16.7. The highest BCUT2D eigenvalue weighted by Crippen LogP contribution is 2.24. The number of hydrogen-bond donors (Lipinski definition) is 2. The van der Waals surface area contributed by atoms with Gasteiger partial charge >= 0.3 is 0 Å². The van der Waals surface area contributed by atoms with Crippen LogP contribution in [0.25, 0.3) is 0 Å². The molecule has 0 radical (unpaired) electrons. The lowest BCUT2D eigenvalue weighted by atomic mass is 10.1. The summed E-state index contributed by atoms with van der Waals surface area (Å²) in [5.74, 6) is 3.41. The Morgan fingerprint density at radius 2 is 2.03 bits per heavy atom. The van der Waals surface area contributed by atoms with Crippen molar-refractivity contribution in [3.8, 4) is 12.3 Å². The highest BCUT2D eigenvalue weighted by molar-refractivity contribution is 5.78. The molecule has 1 amide bonds. The number of hydrogen-bond acceptors (Lipinski definition) is 5. The number of carbonyl (C=O) groups is 1. The summed E-state index contributed by atoms with van der Waals surface area (Å²) in [4.78, 5) is 23.5. The molecule has 1 aromatic carbocycles. The maximum atomic E-state index is 12.4. The molecule has 2 aliphatic rings. The Labute approximate surface area is 172 Å². The number of benzene rings is 1. The quantitative estimate of drug-likeness (QED) is 0.560. The lowest BCUT2D eigenvalue weighted by Gasteiger charge is -2.28. The summed E-state index contributed by atoms with van der Waals surface area (Å²) in [5, 5.41) is 6.66. The summed E-state index contributed by atoms with van der Waals surface area (Å²) >= 11 is 0. The number of unbranched alkanes of at least 4 members (excludes halogenated alkanes) is 1. The Balaban J connectivity index is 1.30. The average Bonchev–Trinajstić information content (AvgIpc) is 3.15. The first-order valence-corrected chi connectivity index (χ1v) is 10.3. The van der Waals surface area contributed by atoms with Gasteiger partial charge in [-0.2, -0.15) is 0 Å². The molecule has 0 spiro atoms. The highest BCUT2D eigenvalue weighted by Gasteiger charge is 2.24. The van der Waals surface area contributed by atoms with Gasteiger partial charge in [-0.15, -0.1) is 12.3 Å². The van der Waals surface area contributed by atoms with Crippen LogP contribution in [-0.2, 0) is 30.6 Å². The first-order chi connectivity index (χ1) is 14.2. The molecule has 2 aromatic rings. The van der Waals surface area contributed by atoms with Crippen molar-refractivity contribution in [3.05, 3.63) is 52.8 Å². The van der Waals surface area contributed by atoms with Gasteiger partial charge in [-0.1, -0.05) is 24.3 Å². The van der Waals surface area contributed by atoms with Gasteiger partial charge in [0.2, 0.25) is 11.9 Å². The maximum absolute atomic E-state index is 12.4. The third-order valence-corrected chi connectivity index (χ3v) is 5.62. The van der Waals surface area contributed by atoms with Gasteiger partial charge in [-0.05, 0) is 36.9 Å².